The van der Waals surface area contributed by atoms with Gasteiger partial charge in [-0.15, -0.1) is 0 Å². The maximum absolute atomic E-state index is 13.1. The predicted octanol–water partition coefficient (Wildman–Crippen LogP) is 2.57. The first-order valence-corrected chi connectivity index (χ1v) is 6.59. The SMILES string of the molecule is Cc1nn(C)c(C(=O)OCc2ccc(F)c(Br)c2)c1N. The molecule has 5 nitrogen and oxygen atoms in total. The third kappa shape index (κ3) is 2.82. The van der Waals surface area contributed by atoms with Crippen LogP contribution < -0.4 is 5.73 Å². The Bertz CT molecular complexity index is 670. The summed E-state index contributed by atoms with van der Waals surface area (Å²) < 4.78 is 20.0. The Balaban J connectivity index is 2.10. The number of carbonyl (C=O) groups is 1. The highest BCUT2D eigenvalue weighted by Crippen LogP contribution is 2.19. The van der Waals surface area contributed by atoms with Gasteiger partial charge in [-0.25, -0.2) is 9.18 Å². The second-order valence-corrected chi connectivity index (χ2v) is 5.15. The largest absolute Gasteiger partial charge is 0.456 e. The second kappa shape index (κ2) is 5.62. The van der Waals surface area contributed by atoms with Crippen molar-refractivity contribution in [2.45, 2.75) is 13.5 Å². The van der Waals surface area contributed by atoms with Crippen LogP contribution in [0.1, 0.15) is 21.7 Å². The molecule has 2 N–H and O–H groups in total. The van der Waals surface area contributed by atoms with Gasteiger partial charge in [0.1, 0.15) is 12.4 Å². The number of hydrogen-bond donors (Lipinski definition) is 1. The molecule has 0 bridgehead atoms. The van der Waals surface area contributed by atoms with Crippen LogP contribution in [0.15, 0.2) is 22.7 Å². The number of carbonyl (C=O) groups excluding carboxylic acids is 1. The van der Waals surface area contributed by atoms with E-state index < -0.39 is 5.97 Å². The molecule has 0 radical (unpaired) electrons. The normalized spacial score (nSPS) is 10.6. The summed E-state index contributed by atoms with van der Waals surface area (Å²) in [4.78, 5) is 12.0. The number of hydrogen-bond acceptors (Lipinski definition) is 4. The van der Waals surface area contributed by atoms with Gasteiger partial charge < -0.3 is 10.5 Å². The molecule has 7 heteroatoms. The molecule has 0 aliphatic rings. The van der Waals surface area contributed by atoms with Gasteiger partial charge in [0.05, 0.1) is 15.9 Å². The minimum absolute atomic E-state index is 0.0291. The van der Waals surface area contributed by atoms with Crippen molar-refractivity contribution in [2.24, 2.45) is 7.05 Å². The monoisotopic (exact) mass is 341 g/mol. The molecular formula is C13H13BrFN3O2. The summed E-state index contributed by atoms with van der Waals surface area (Å²) >= 11 is 3.07. The highest BCUT2D eigenvalue weighted by Gasteiger charge is 2.19. The fourth-order valence-corrected chi connectivity index (χ4v) is 2.19. The van der Waals surface area contributed by atoms with Crippen LogP contribution in [0.25, 0.3) is 0 Å². The quantitative estimate of drug-likeness (QED) is 0.871. The van der Waals surface area contributed by atoms with E-state index in [1.54, 1.807) is 26.1 Å². The van der Waals surface area contributed by atoms with Gasteiger partial charge in [0.15, 0.2) is 5.69 Å². The lowest BCUT2D eigenvalue weighted by Gasteiger charge is -2.06. The van der Waals surface area contributed by atoms with Gasteiger partial charge in [0, 0.05) is 7.05 Å². The highest BCUT2D eigenvalue weighted by molar-refractivity contribution is 9.10. The summed E-state index contributed by atoms with van der Waals surface area (Å²) in [6.07, 6.45) is 0. The number of nitrogen functional groups attached to an aromatic ring is 1. The van der Waals surface area contributed by atoms with Crippen molar-refractivity contribution in [2.75, 3.05) is 5.73 Å². The highest BCUT2D eigenvalue weighted by atomic mass is 79.9. The maximum atomic E-state index is 13.1. The standard InChI is InChI=1S/C13H13BrFN3O2/c1-7-11(16)12(18(2)17-7)13(19)20-6-8-3-4-10(15)9(14)5-8/h3-5H,6,16H2,1-2H3. The van der Waals surface area contributed by atoms with E-state index in [-0.39, 0.29) is 18.1 Å². The van der Waals surface area contributed by atoms with Gasteiger partial charge in [-0.1, -0.05) is 6.07 Å². The first-order chi connectivity index (χ1) is 9.40. The predicted molar refractivity (Wildman–Crippen MR) is 75.6 cm³/mol. The molecule has 1 aromatic carbocycles. The summed E-state index contributed by atoms with van der Waals surface area (Å²) in [5.41, 5.74) is 7.53. The van der Waals surface area contributed by atoms with Crippen LogP contribution in [0.5, 0.6) is 0 Å². The van der Waals surface area contributed by atoms with Crippen molar-refractivity contribution in [3.8, 4) is 0 Å². The van der Waals surface area contributed by atoms with Crippen molar-refractivity contribution in [3.63, 3.8) is 0 Å². The van der Waals surface area contributed by atoms with Crippen LogP contribution in [0.3, 0.4) is 0 Å². The van der Waals surface area contributed by atoms with Crippen molar-refractivity contribution in [1.82, 2.24) is 9.78 Å². The van der Waals surface area contributed by atoms with E-state index in [0.29, 0.717) is 21.4 Å². The Morgan fingerprint density at radius 3 is 2.80 bits per heavy atom. The molecule has 0 aliphatic carbocycles. The summed E-state index contributed by atoms with van der Waals surface area (Å²) in [5, 5.41) is 4.05. The number of aryl methyl sites for hydroxylation is 2. The number of aromatic nitrogens is 2. The Morgan fingerprint density at radius 1 is 1.55 bits per heavy atom. The topological polar surface area (TPSA) is 70.1 Å². The molecule has 1 heterocycles. The molecule has 1 aromatic heterocycles. The van der Waals surface area contributed by atoms with E-state index in [4.69, 9.17) is 10.5 Å². The van der Waals surface area contributed by atoms with E-state index in [1.807, 2.05) is 0 Å². The van der Waals surface area contributed by atoms with Crippen LogP contribution in [-0.4, -0.2) is 15.7 Å². The van der Waals surface area contributed by atoms with Crippen molar-refractivity contribution < 1.29 is 13.9 Å². The molecule has 0 fully saturated rings. The fourth-order valence-electron chi connectivity index (χ4n) is 1.76. The summed E-state index contributed by atoms with van der Waals surface area (Å²) in [6.45, 7) is 1.74. The fraction of sp³-hybridized carbons (Fsp3) is 0.231. The molecule has 0 unspecified atom stereocenters. The molecule has 0 saturated heterocycles. The number of halogens is 2. The lowest BCUT2D eigenvalue weighted by atomic mass is 10.2. The van der Waals surface area contributed by atoms with Gasteiger partial charge >= 0.3 is 5.97 Å². The molecular weight excluding hydrogens is 329 g/mol. The molecule has 0 spiro atoms. The third-order valence-electron chi connectivity index (χ3n) is 2.82. The average molecular weight is 342 g/mol. The lowest BCUT2D eigenvalue weighted by molar-refractivity contribution is 0.0461. The number of nitrogens with zero attached hydrogens (tertiary/aromatic N) is 2. The number of ether oxygens (including phenoxy) is 1. The molecule has 0 saturated carbocycles. The summed E-state index contributed by atoms with van der Waals surface area (Å²) in [7, 11) is 1.62. The molecule has 0 amide bonds. The number of anilines is 1. The molecule has 0 atom stereocenters. The van der Waals surface area contributed by atoms with Gasteiger partial charge in [-0.2, -0.15) is 5.10 Å². The average Bonchev–Trinajstić information content (AvgIpc) is 2.64. The van der Waals surface area contributed by atoms with Crippen LogP contribution >= 0.6 is 15.9 Å². The van der Waals surface area contributed by atoms with E-state index in [1.165, 1.54) is 10.7 Å². The maximum Gasteiger partial charge on any atom is 0.359 e. The molecule has 20 heavy (non-hydrogen) atoms. The zero-order valence-electron chi connectivity index (χ0n) is 11.0. The summed E-state index contributed by atoms with van der Waals surface area (Å²) in [6, 6.07) is 4.40. The summed E-state index contributed by atoms with van der Waals surface area (Å²) in [5.74, 6) is -0.933. The van der Waals surface area contributed by atoms with Gasteiger partial charge in [-0.3, -0.25) is 4.68 Å². The number of rotatable bonds is 3. The number of benzene rings is 1. The Labute approximate surface area is 123 Å². The Kier molecular flexibility index (Phi) is 4.08. The lowest BCUT2D eigenvalue weighted by Crippen LogP contribution is -2.12. The van der Waals surface area contributed by atoms with Crippen LogP contribution in [0, 0.1) is 12.7 Å². The van der Waals surface area contributed by atoms with E-state index in [9.17, 15) is 9.18 Å². The van der Waals surface area contributed by atoms with Gasteiger partial charge in [-0.05, 0) is 40.5 Å². The molecule has 2 rings (SSSR count). The molecule has 0 aliphatic heterocycles. The van der Waals surface area contributed by atoms with Crippen LogP contribution in [0.4, 0.5) is 10.1 Å². The number of nitrogens with two attached hydrogens (primary N) is 1. The van der Waals surface area contributed by atoms with Gasteiger partial charge in [0.25, 0.3) is 0 Å². The zero-order chi connectivity index (χ0) is 14.9. The van der Waals surface area contributed by atoms with E-state index in [2.05, 4.69) is 21.0 Å². The van der Waals surface area contributed by atoms with Crippen molar-refractivity contribution in [3.05, 3.63) is 45.4 Å². The zero-order valence-corrected chi connectivity index (χ0v) is 12.6. The van der Waals surface area contributed by atoms with Gasteiger partial charge in [0.2, 0.25) is 0 Å². The molecule has 106 valence electrons. The Morgan fingerprint density at radius 2 is 2.25 bits per heavy atom. The number of esters is 1. The van der Waals surface area contributed by atoms with Crippen molar-refractivity contribution >= 4 is 27.6 Å². The van der Waals surface area contributed by atoms with Crippen LogP contribution in [-0.2, 0) is 18.4 Å². The second-order valence-electron chi connectivity index (χ2n) is 4.30. The Hall–Kier alpha value is -1.89. The minimum atomic E-state index is -0.564. The first-order valence-electron chi connectivity index (χ1n) is 5.80. The first kappa shape index (κ1) is 14.5. The van der Waals surface area contributed by atoms with E-state index in [0.717, 1.165) is 0 Å². The van der Waals surface area contributed by atoms with Crippen molar-refractivity contribution in [1.29, 1.82) is 0 Å². The third-order valence-corrected chi connectivity index (χ3v) is 3.42. The van der Waals surface area contributed by atoms with Crippen LogP contribution in [0.2, 0.25) is 0 Å². The van der Waals surface area contributed by atoms with E-state index >= 15 is 0 Å². The smallest absolute Gasteiger partial charge is 0.359 e. The minimum Gasteiger partial charge on any atom is -0.456 e. The molecule has 2 aromatic rings.